The number of carbonyl (C=O) groups excluding carboxylic acids is 2. The standard InChI is InChI=1S/C24H22ClNO4/c1-29-24(28)22(26-23(27)19-10-12-20(25)13-11-19)15-18-8-5-9-21(14-18)30-16-17-6-3-2-4-7-17/h2-14,22H,15-16H2,1H3,(H,26,27)/t22-/m0/s1. The van der Waals surface area contributed by atoms with Gasteiger partial charge in [-0.3, -0.25) is 4.79 Å². The monoisotopic (exact) mass is 423 g/mol. The highest BCUT2D eigenvalue weighted by molar-refractivity contribution is 6.30. The molecule has 1 amide bonds. The Balaban J connectivity index is 1.67. The number of carbonyl (C=O) groups is 2. The van der Waals surface area contributed by atoms with Gasteiger partial charge in [0.2, 0.25) is 0 Å². The van der Waals surface area contributed by atoms with Crippen LogP contribution in [-0.4, -0.2) is 25.0 Å². The molecule has 3 aromatic carbocycles. The van der Waals surface area contributed by atoms with E-state index in [1.807, 2.05) is 54.6 Å². The van der Waals surface area contributed by atoms with Crippen LogP contribution in [0.3, 0.4) is 0 Å². The number of halogens is 1. The van der Waals surface area contributed by atoms with Gasteiger partial charge < -0.3 is 14.8 Å². The summed E-state index contributed by atoms with van der Waals surface area (Å²) < 4.78 is 10.7. The maximum atomic E-state index is 12.5. The van der Waals surface area contributed by atoms with E-state index in [1.54, 1.807) is 24.3 Å². The average molecular weight is 424 g/mol. The highest BCUT2D eigenvalue weighted by Gasteiger charge is 2.23. The molecule has 6 heteroatoms. The van der Waals surface area contributed by atoms with Crippen molar-refractivity contribution in [2.75, 3.05) is 7.11 Å². The second-order valence-electron chi connectivity index (χ2n) is 6.68. The summed E-state index contributed by atoms with van der Waals surface area (Å²) in [6, 6.07) is 22.9. The molecule has 0 unspecified atom stereocenters. The van der Waals surface area contributed by atoms with Crippen LogP contribution in [0.2, 0.25) is 5.02 Å². The molecule has 3 rings (SSSR count). The fourth-order valence-electron chi connectivity index (χ4n) is 2.92. The molecule has 0 spiro atoms. The predicted octanol–water partition coefficient (Wildman–Crippen LogP) is 4.43. The van der Waals surface area contributed by atoms with Crippen molar-refractivity contribution in [1.82, 2.24) is 5.32 Å². The van der Waals surface area contributed by atoms with Crippen LogP contribution in [-0.2, 0) is 22.6 Å². The Kier molecular flexibility index (Phi) is 7.46. The minimum atomic E-state index is -0.831. The molecule has 1 atom stereocenters. The predicted molar refractivity (Wildman–Crippen MR) is 116 cm³/mol. The van der Waals surface area contributed by atoms with Crippen LogP contribution >= 0.6 is 11.6 Å². The quantitative estimate of drug-likeness (QED) is 0.544. The van der Waals surface area contributed by atoms with Crippen molar-refractivity contribution in [2.24, 2.45) is 0 Å². The maximum Gasteiger partial charge on any atom is 0.328 e. The second-order valence-corrected chi connectivity index (χ2v) is 7.12. The lowest BCUT2D eigenvalue weighted by Crippen LogP contribution is -2.43. The summed E-state index contributed by atoms with van der Waals surface area (Å²) in [7, 11) is 1.29. The average Bonchev–Trinajstić information content (AvgIpc) is 2.78. The number of rotatable bonds is 8. The lowest BCUT2D eigenvalue weighted by atomic mass is 10.0. The Hall–Kier alpha value is -3.31. The molecule has 0 radical (unpaired) electrons. The van der Waals surface area contributed by atoms with Crippen molar-refractivity contribution in [2.45, 2.75) is 19.1 Å². The number of esters is 1. The van der Waals surface area contributed by atoms with E-state index in [-0.39, 0.29) is 12.3 Å². The first kappa shape index (κ1) is 21.4. The second kappa shape index (κ2) is 10.5. The summed E-state index contributed by atoms with van der Waals surface area (Å²) in [5.74, 6) is -0.213. The number of hydrogen-bond acceptors (Lipinski definition) is 4. The van der Waals surface area contributed by atoms with E-state index in [0.29, 0.717) is 22.9 Å². The SMILES string of the molecule is COC(=O)[C@H](Cc1cccc(OCc2ccccc2)c1)NC(=O)c1ccc(Cl)cc1. The van der Waals surface area contributed by atoms with E-state index in [0.717, 1.165) is 11.1 Å². The van der Waals surface area contributed by atoms with Gasteiger partial charge in [0, 0.05) is 17.0 Å². The number of amides is 1. The van der Waals surface area contributed by atoms with Gasteiger partial charge in [0.05, 0.1) is 7.11 Å². The first-order valence-electron chi connectivity index (χ1n) is 9.45. The molecule has 0 fully saturated rings. The third-order valence-corrected chi connectivity index (χ3v) is 4.74. The maximum absolute atomic E-state index is 12.5. The summed E-state index contributed by atoms with van der Waals surface area (Å²) in [5, 5.41) is 3.26. The molecule has 0 aliphatic heterocycles. The Bertz CT molecular complexity index is 990. The van der Waals surface area contributed by atoms with Gasteiger partial charge in [-0.1, -0.05) is 54.1 Å². The van der Waals surface area contributed by atoms with Crippen LogP contribution in [0.25, 0.3) is 0 Å². The number of hydrogen-bond donors (Lipinski definition) is 1. The van der Waals surface area contributed by atoms with Crippen molar-refractivity contribution in [1.29, 1.82) is 0 Å². The summed E-state index contributed by atoms with van der Waals surface area (Å²) in [6.45, 7) is 0.442. The van der Waals surface area contributed by atoms with Crippen LogP contribution in [0.15, 0.2) is 78.9 Å². The third-order valence-electron chi connectivity index (χ3n) is 4.48. The fourth-order valence-corrected chi connectivity index (χ4v) is 3.04. The molecule has 0 aliphatic carbocycles. The van der Waals surface area contributed by atoms with Gasteiger partial charge in [0.25, 0.3) is 5.91 Å². The van der Waals surface area contributed by atoms with Crippen molar-refractivity contribution >= 4 is 23.5 Å². The van der Waals surface area contributed by atoms with E-state index in [9.17, 15) is 9.59 Å². The Morgan fingerprint density at radius 1 is 0.933 bits per heavy atom. The first-order chi connectivity index (χ1) is 14.5. The van der Waals surface area contributed by atoms with E-state index in [4.69, 9.17) is 21.1 Å². The summed E-state index contributed by atoms with van der Waals surface area (Å²) in [4.78, 5) is 24.8. The molecule has 0 heterocycles. The molecule has 30 heavy (non-hydrogen) atoms. The summed E-state index contributed by atoms with van der Waals surface area (Å²) in [6.07, 6.45) is 0.272. The van der Waals surface area contributed by atoms with Crippen molar-refractivity contribution in [3.8, 4) is 5.75 Å². The van der Waals surface area contributed by atoms with Crippen molar-refractivity contribution in [3.05, 3.63) is 101 Å². The largest absolute Gasteiger partial charge is 0.489 e. The highest BCUT2D eigenvalue weighted by atomic mass is 35.5. The minimum absolute atomic E-state index is 0.272. The van der Waals surface area contributed by atoms with Gasteiger partial charge >= 0.3 is 5.97 Å². The van der Waals surface area contributed by atoms with Gasteiger partial charge in [0.15, 0.2) is 0 Å². The summed E-state index contributed by atoms with van der Waals surface area (Å²) >= 11 is 5.86. The van der Waals surface area contributed by atoms with Crippen LogP contribution in [0.1, 0.15) is 21.5 Å². The van der Waals surface area contributed by atoms with E-state index in [2.05, 4.69) is 5.32 Å². The van der Waals surface area contributed by atoms with Crippen LogP contribution in [0, 0.1) is 0 Å². The Morgan fingerprint density at radius 2 is 1.63 bits per heavy atom. The molecule has 5 nitrogen and oxygen atoms in total. The third kappa shape index (κ3) is 6.09. The highest BCUT2D eigenvalue weighted by Crippen LogP contribution is 2.17. The molecule has 0 bridgehead atoms. The molecule has 154 valence electrons. The molecule has 1 N–H and O–H groups in total. The normalized spacial score (nSPS) is 11.4. The smallest absolute Gasteiger partial charge is 0.328 e. The number of benzene rings is 3. The van der Waals surface area contributed by atoms with Gasteiger partial charge in [-0.2, -0.15) is 0 Å². The zero-order chi connectivity index (χ0) is 21.3. The molecule has 0 saturated carbocycles. The van der Waals surface area contributed by atoms with Gasteiger partial charge in [-0.05, 0) is 47.5 Å². The van der Waals surface area contributed by atoms with Crippen molar-refractivity contribution < 1.29 is 19.1 Å². The van der Waals surface area contributed by atoms with Crippen LogP contribution in [0.4, 0.5) is 0 Å². The zero-order valence-corrected chi connectivity index (χ0v) is 17.3. The van der Waals surface area contributed by atoms with Gasteiger partial charge in [-0.25, -0.2) is 4.79 Å². The van der Waals surface area contributed by atoms with Gasteiger partial charge in [0.1, 0.15) is 18.4 Å². The lowest BCUT2D eigenvalue weighted by Gasteiger charge is -2.17. The Labute approximate surface area is 180 Å². The number of methoxy groups -OCH3 is 1. The Morgan fingerprint density at radius 3 is 2.33 bits per heavy atom. The topological polar surface area (TPSA) is 64.6 Å². The van der Waals surface area contributed by atoms with Crippen molar-refractivity contribution in [3.63, 3.8) is 0 Å². The number of ether oxygens (including phenoxy) is 2. The van der Waals surface area contributed by atoms with Crippen LogP contribution < -0.4 is 10.1 Å². The lowest BCUT2D eigenvalue weighted by molar-refractivity contribution is -0.142. The molecule has 3 aromatic rings. The molecule has 0 aliphatic rings. The number of nitrogens with one attached hydrogen (secondary N) is 1. The fraction of sp³-hybridized carbons (Fsp3) is 0.167. The summed E-state index contributed by atoms with van der Waals surface area (Å²) in [5.41, 5.74) is 2.31. The van der Waals surface area contributed by atoms with E-state index in [1.165, 1.54) is 7.11 Å². The first-order valence-corrected chi connectivity index (χ1v) is 9.83. The molecule has 0 saturated heterocycles. The molecule has 0 aromatic heterocycles. The molecular weight excluding hydrogens is 402 g/mol. The molecular formula is C24H22ClNO4. The van der Waals surface area contributed by atoms with E-state index >= 15 is 0 Å². The minimum Gasteiger partial charge on any atom is -0.489 e. The van der Waals surface area contributed by atoms with Gasteiger partial charge in [-0.15, -0.1) is 0 Å². The van der Waals surface area contributed by atoms with E-state index < -0.39 is 12.0 Å². The van der Waals surface area contributed by atoms with Crippen LogP contribution in [0.5, 0.6) is 5.75 Å². The zero-order valence-electron chi connectivity index (χ0n) is 16.5.